The van der Waals surface area contributed by atoms with E-state index in [1.807, 2.05) is 25.2 Å². The van der Waals surface area contributed by atoms with E-state index in [2.05, 4.69) is 159 Å². The molecule has 1 aromatic heterocycles. The van der Waals surface area contributed by atoms with Crippen LogP contribution in [-0.2, 0) is 6.54 Å². The Bertz CT molecular complexity index is 2520. The summed E-state index contributed by atoms with van der Waals surface area (Å²) in [5.74, 6) is 0. The monoisotopic (exact) mass is 651 g/mol. The summed E-state index contributed by atoms with van der Waals surface area (Å²) in [6, 6.07) is 45.2. The fraction of sp³-hybridized carbons (Fsp3) is 0.0870. The predicted octanol–water partition coefficient (Wildman–Crippen LogP) is 13.7. The standard InChI is InChI=1S/C32H23NO.C14H16.H2N2/c1-20-15-16-26-29(17-20)34-32-30-25-14-8-7-12-23(25)22-11-5-6-13-24(22)27(30)18-28(31(26)32)33-19-21-9-3-2-4-10-21;1-4-7-13(8-5-2)14-10-6-9-12(3)11-14;1-2/h2-18,33H,19H2,1H3;4-11H,1H2,2-3H3;1-2H/b;8-5-,13-7+;. The first-order valence-electron chi connectivity index (χ1n) is 16.8. The van der Waals surface area contributed by atoms with Crippen LogP contribution in [0.15, 0.2) is 163 Å². The minimum atomic E-state index is 0.755. The molecule has 8 aromatic rings. The molecule has 0 bridgehead atoms. The van der Waals surface area contributed by atoms with Gasteiger partial charge in [-0.3, -0.25) is 0 Å². The Hall–Kier alpha value is -6.26. The summed E-state index contributed by atoms with van der Waals surface area (Å²) in [6.07, 6.45) is 7.97. The molecular formula is C46H41N3O. The van der Waals surface area contributed by atoms with Gasteiger partial charge in [-0.25, -0.2) is 11.1 Å². The second kappa shape index (κ2) is 15.3. The topological polar surface area (TPSA) is 72.9 Å². The summed E-state index contributed by atoms with van der Waals surface area (Å²) in [5, 5.41) is 13.4. The SMILES string of the molecule is C=C/C=C(\C=C/C)c1cccc(C)c1.Cc1ccc2c(c1)oc1c2c(NCc2ccccc2)cc2c3ccccc3c3ccccc3c21.N=N. The first kappa shape index (κ1) is 33.6. The van der Waals surface area contributed by atoms with Crippen molar-refractivity contribution in [1.29, 1.82) is 11.1 Å². The molecule has 0 atom stereocenters. The molecular weight excluding hydrogens is 611 g/mol. The number of rotatable bonds is 6. The van der Waals surface area contributed by atoms with E-state index in [1.165, 1.54) is 60.1 Å². The molecule has 4 nitrogen and oxygen atoms in total. The number of hydrogen-bond acceptors (Lipinski definition) is 4. The zero-order valence-corrected chi connectivity index (χ0v) is 28.8. The van der Waals surface area contributed by atoms with Crippen molar-refractivity contribution in [1.82, 2.24) is 0 Å². The van der Waals surface area contributed by atoms with Gasteiger partial charge < -0.3 is 9.73 Å². The maximum atomic E-state index is 6.66. The van der Waals surface area contributed by atoms with Crippen LogP contribution in [0.3, 0.4) is 0 Å². The van der Waals surface area contributed by atoms with Gasteiger partial charge in [0.2, 0.25) is 0 Å². The second-order valence-corrected chi connectivity index (χ2v) is 12.3. The zero-order chi connectivity index (χ0) is 35.0. The van der Waals surface area contributed by atoms with E-state index in [-0.39, 0.29) is 0 Å². The third kappa shape index (κ3) is 6.69. The molecule has 8 rings (SSSR count). The minimum Gasteiger partial charge on any atom is -0.455 e. The van der Waals surface area contributed by atoms with Gasteiger partial charge in [0, 0.05) is 23.0 Å². The van der Waals surface area contributed by atoms with Crippen molar-refractivity contribution < 1.29 is 4.42 Å². The summed E-state index contributed by atoms with van der Waals surface area (Å²) < 4.78 is 6.66. The molecule has 0 aliphatic carbocycles. The van der Waals surface area contributed by atoms with Crippen molar-refractivity contribution in [2.75, 3.05) is 5.32 Å². The van der Waals surface area contributed by atoms with Crippen LogP contribution in [0.1, 0.15) is 29.2 Å². The fourth-order valence-electron chi connectivity index (χ4n) is 6.74. The number of anilines is 1. The van der Waals surface area contributed by atoms with E-state index in [1.54, 1.807) is 0 Å². The average molecular weight is 652 g/mol. The van der Waals surface area contributed by atoms with E-state index in [0.29, 0.717) is 0 Å². The predicted molar refractivity (Wildman–Crippen MR) is 214 cm³/mol. The highest BCUT2D eigenvalue weighted by Crippen LogP contribution is 2.45. The third-order valence-corrected chi connectivity index (χ3v) is 8.92. The van der Waals surface area contributed by atoms with Gasteiger partial charge in [0.15, 0.2) is 0 Å². The van der Waals surface area contributed by atoms with E-state index >= 15 is 0 Å². The highest BCUT2D eigenvalue weighted by Gasteiger charge is 2.19. The van der Waals surface area contributed by atoms with Crippen LogP contribution in [0.2, 0.25) is 0 Å². The maximum absolute atomic E-state index is 6.66. The number of allylic oxidation sites excluding steroid dienone is 5. The lowest BCUT2D eigenvalue weighted by molar-refractivity contribution is 0.672. The van der Waals surface area contributed by atoms with Crippen LogP contribution in [0.5, 0.6) is 0 Å². The van der Waals surface area contributed by atoms with Gasteiger partial charge in [-0.1, -0.05) is 152 Å². The van der Waals surface area contributed by atoms with Crippen molar-refractivity contribution in [2.45, 2.75) is 27.3 Å². The lowest BCUT2D eigenvalue weighted by Crippen LogP contribution is -2.00. The Balaban J connectivity index is 0.000000229. The van der Waals surface area contributed by atoms with Crippen LogP contribution >= 0.6 is 0 Å². The molecule has 7 aromatic carbocycles. The highest BCUT2D eigenvalue weighted by molar-refractivity contribution is 6.34. The summed E-state index contributed by atoms with van der Waals surface area (Å²) in [6.45, 7) is 10.7. The number of hydrogen-bond donors (Lipinski definition) is 3. The largest absolute Gasteiger partial charge is 0.455 e. The zero-order valence-electron chi connectivity index (χ0n) is 28.8. The number of furan rings is 1. The molecule has 0 saturated carbocycles. The van der Waals surface area contributed by atoms with Gasteiger partial charge in [0.05, 0.1) is 5.39 Å². The van der Waals surface area contributed by atoms with Crippen molar-refractivity contribution >= 4 is 65.5 Å². The van der Waals surface area contributed by atoms with Gasteiger partial charge in [0.25, 0.3) is 0 Å². The molecule has 0 aliphatic heterocycles. The third-order valence-electron chi connectivity index (χ3n) is 8.92. The molecule has 246 valence electrons. The van der Waals surface area contributed by atoms with Crippen LogP contribution in [0.4, 0.5) is 5.69 Å². The highest BCUT2D eigenvalue weighted by atomic mass is 16.3. The lowest BCUT2D eigenvalue weighted by Gasteiger charge is -2.14. The van der Waals surface area contributed by atoms with Gasteiger partial charge in [-0.15, -0.1) is 0 Å². The molecule has 0 spiro atoms. The fourth-order valence-corrected chi connectivity index (χ4v) is 6.74. The van der Waals surface area contributed by atoms with Crippen molar-refractivity contribution in [2.24, 2.45) is 0 Å². The Morgan fingerprint density at radius 2 is 1.30 bits per heavy atom. The number of fused-ring (bicyclic) bond motifs is 10. The molecule has 0 unspecified atom stereocenters. The van der Waals surface area contributed by atoms with E-state index in [0.717, 1.165) is 34.2 Å². The second-order valence-electron chi connectivity index (χ2n) is 12.3. The number of benzene rings is 7. The minimum absolute atomic E-state index is 0.755. The molecule has 50 heavy (non-hydrogen) atoms. The number of nitrogens with one attached hydrogen (secondary N) is 3. The Labute approximate surface area is 293 Å². The summed E-state index contributed by atoms with van der Waals surface area (Å²) in [7, 11) is 0. The Morgan fingerprint density at radius 3 is 1.98 bits per heavy atom. The normalized spacial score (nSPS) is 11.5. The lowest BCUT2D eigenvalue weighted by atomic mass is 9.92. The maximum Gasteiger partial charge on any atom is 0.145 e. The van der Waals surface area contributed by atoms with Crippen molar-refractivity contribution in [3.8, 4) is 0 Å². The van der Waals surface area contributed by atoms with Gasteiger partial charge in [0.1, 0.15) is 11.2 Å². The molecule has 0 aliphatic rings. The number of aryl methyl sites for hydroxylation is 2. The molecule has 1 heterocycles. The van der Waals surface area contributed by atoms with Crippen LogP contribution in [0, 0.1) is 24.9 Å². The molecule has 0 amide bonds. The van der Waals surface area contributed by atoms with E-state index in [9.17, 15) is 0 Å². The van der Waals surface area contributed by atoms with E-state index < -0.39 is 0 Å². The molecule has 3 N–H and O–H groups in total. The van der Waals surface area contributed by atoms with Crippen LogP contribution in [0.25, 0.3) is 59.8 Å². The smallest absolute Gasteiger partial charge is 0.145 e. The van der Waals surface area contributed by atoms with Gasteiger partial charge >= 0.3 is 0 Å². The molecule has 4 heteroatoms. The Morgan fingerprint density at radius 1 is 0.660 bits per heavy atom. The quantitative estimate of drug-likeness (QED) is 0.0951. The van der Waals surface area contributed by atoms with Crippen LogP contribution in [-0.4, -0.2) is 0 Å². The summed E-state index contributed by atoms with van der Waals surface area (Å²) >= 11 is 0. The first-order valence-corrected chi connectivity index (χ1v) is 16.8. The van der Waals surface area contributed by atoms with Gasteiger partial charge in [-0.05, 0) is 82.1 Å². The summed E-state index contributed by atoms with van der Waals surface area (Å²) in [5.41, 5.74) is 19.2. The average Bonchev–Trinajstić information content (AvgIpc) is 3.54. The van der Waals surface area contributed by atoms with Crippen LogP contribution < -0.4 is 5.32 Å². The Kier molecular flexibility index (Phi) is 10.3. The molecule has 0 fully saturated rings. The molecule has 0 radical (unpaired) electrons. The van der Waals surface area contributed by atoms with Crippen molar-refractivity contribution in [3.05, 3.63) is 181 Å². The van der Waals surface area contributed by atoms with E-state index in [4.69, 9.17) is 15.5 Å². The first-order chi connectivity index (χ1) is 24.6. The van der Waals surface area contributed by atoms with Crippen molar-refractivity contribution in [3.63, 3.8) is 0 Å². The molecule has 0 saturated heterocycles. The van der Waals surface area contributed by atoms with Gasteiger partial charge in [-0.2, -0.15) is 0 Å². The summed E-state index contributed by atoms with van der Waals surface area (Å²) in [4.78, 5) is 0.